The summed E-state index contributed by atoms with van der Waals surface area (Å²) in [6.45, 7) is 3.92. The number of pyridine rings is 1. The summed E-state index contributed by atoms with van der Waals surface area (Å²) in [4.78, 5) is 8.73. The number of rotatable bonds is 8. The number of hydrogen-bond acceptors (Lipinski definition) is 3. The molecule has 29 heavy (non-hydrogen) atoms. The van der Waals surface area contributed by atoms with Gasteiger partial charge in [-0.2, -0.15) is 13.2 Å². The number of aromatic nitrogens is 1. The molecule has 0 atom stereocenters. The van der Waals surface area contributed by atoms with E-state index in [-0.39, 0.29) is 36.3 Å². The van der Waals surface area contributed by atoms with Crippen LogP contribution in [0.4, 0.5) is 13.2 Å². The molecule has 0 fully saturated rings. The predicted molar refractivity (Wildman–Crippen MR) is 119 cm³/mol. The third-order valence-electron chi connectivity index (χ3n) is 3.77. The summed E-state index contributed by atoms with van der Waals surface area (Å²) in [7, 11) is 0. The van der Waals surface area contributed by atoms with Crippen LogP contribution in [0.15, 0.2) is 47.6 Å². The summed E-state index contributed by atoms with van der Waals surface area (Å²) >= 11 is 0. The minimum atomic E-state index is -4.38. The lowest BCUT2D eigenvalue weighted by molar-refractivity contribution is -0.153. The average molecular weight is 522 g/mol. The van der Waals surface area contributed by atoms with Crippen LogP contribution < -0.4 is 15.4 Å². The second kappa shape index (κ2) is 12.5. The smallest absolute Gasteiger partial charge is 0.422 e. The van der Waals surface area contributed by atoms with E-state index in [0.29, 0.717) is 24.6 Å². The number of ether oxygens (including phenoxy) is 1. The van der Waals surface area contributed by atoms with Crippen molar-refractivity contribution >= 4 is 29.9 Å². The van der Waals surface area contributed by atoms with Crippen LogP contribution in [-0.4, -0.2) is 36.8 Å². The molecule has 2 rings (SSSR count). The number of nitrogens with one attached hydrogen (secondary N) is 2. The summed E-state index contributed by atoms with van der Waals surface area (Å²) in [6, 6.07) is 10.9. The molecule has 0 bridgehead atoms. The van der Waals surface area contributed by atoms with Gasteiger partial charge >= 0.3 is 6.18 Å². The van der Waals surface area contributed by atoms with Crippen molar-refractivity contribution in [3.05, 3.63) is 59.4 Å². The fourth-order valence-electron chi connectivity index (χ4n) is 2.45. The van der Waals surface area contributed by atoms with Gasteiger partial charge in [0.05, 0.1) is 6.54 Å². The van der Waals surface area contributed by atoms with E-state index in [1.807, 2.05) is 31.2 Å². The Balaban J connectivity index is 0.00000420. The molecule has 1 aromatic heterocycles. The maximum absolute atomic E-state index is 12.5. The molecule has 2 N–H and O–H groups in total. The molecule has 0 saturated carbocycles. The highest BCUT2D eigenvalue weighted by molar-refractivity contribution is 14.0. The first-order chi connectivity index (χ1) is 13.4. The first-order valence-corrected chi connectivity index (χ1v) is 9.08. The van der Waals surface area contributed by atoms with Crippen molar-refractivity contribution < 1.29 is 17.9 Å². The third-order valence-corrected chi connectivity index (χ3v) is 3.77. The summed E-state index contributed by atoms with van der Waals surface area (Å²) in [6.07, 6.45) is -1.91. The van der Waals surface area contributed by atoms with Gasteiger partial charge in [-0.25, -0.2) is 4.99 Å². The zero-order valence-corrected chi connectivity index (χ0v) is 18.8. The second-order valence-corrected chi connectivity index (χ2v) is 6.21. The van der Waals surface area contributed by atoms with E-state index in [2.05, 4.69) is 20.6 Å². The van der Waals surface area contributed by atoms with Crippen LogP contribution in [-0.2, 0) is 13.0 Å². The van der Waals surface area contributed by atoms with Gasteiger partial charge in [0.2, 0.25) is 0 Å². The topological polar surface area (TPSA) is 58.5 Å². The number of nitrogens with zero attached hydrogens (tertiary/aromatic N) is 2. The van der Waals surface area contributed by atoms with E-state index in [4.69, 9.17) is 4.74 Å². The number of hydrogen-bond donors (Lipinski definition) is 2. The number of aliphatic imine (C=N–C) groups is 1. The highest BCUT2D eigenvalue weighted by atomic mass is 127. The van der Waals surface area contributed by atoms with Crippen LogP contribution in [0.2, 0.25) is 0 Å². The molecular formula is C20H26F3IN4O. The number of aryl methyl sites for hydroxylation is 1. The lowest BCUT2D eigenvalue weighted by Crippen LogP contribution is -2.38. The summed E-state index contributed by atoms with van der Waals surface area (Å²) < 4.78 is 42.4. The average Bonchev–Trinajstić information content (AvgIpc) is 2.65. The van der Waals surface area contributed by atoms with Crippen LogP contribution in [0.25, 0.3) is 0 Å². The van der Waals surface area contributed by atoms with Gasteiger partial charge in [-0.3, -0.25) is 4.98 Å². The van der Waals surface area contributed by atoms with Gasteiger partial charge in [0.25, 0.3) is 0 Å². The van der Waals surface area contributed by atoms with Crippen molar-refractivity contribution in [3.8, 4) is 5.75 Å². The molecule has 1 aromatic carbocycles. The summed E-state index contributed by atoms with van der Waals surface area (Å²) in [5.74, 6) is 0.784. The van der Waals surface area contributed by atoms with Crippen LogP contribution >= 0.6 is 24.0 Å². The highest BCUT2D eigenvalue weighted by Gasteiger charge is 2.28. The second-order valence-electron chi connectivity index (χ2n) is 6.21. The third kappa shape index (κ3) is 9.82. The number of alkyl halides is 3. The van der Waals surface area contributed by atoms with Crippen molar-refractivity contribution in [3.63, 3.8) is 0 Å². The fraction of sp³-hybridized carbons (Fsp3) is 0.400. The molecule has 0 amide bonds. The SMILES string of the molecule is CCNC(=NCc1ccc(C)cc1OCC(F)(F)F)NCCc1ccccn1.I. The Kier molecular flexibility index (Phi) is 10.8. The standard InChI is InChI=1S/C20H25F3N4O.HI/c1-3-24-19(26-11-9-17-6-4-5-10-25-17)27-13-16-8-7-15(2)12-18(16)28-14-20(21,22)23;/h4-8,10,12H,3,9,11,13-14H2,1-2H3,(H2,24,26,27);1H. The maximum atomic E-state index is 12.5. The predicted octanol–water partition coefficient (Wildman–Crippen LogP) is 4.25. The Morgan fingerprint density at radius 3 is 2.62 bits per heavy atom. The Labute approximate surface area is 186 Å². The zero-order valence-electron chi connectivity index (χ0n) is 16.4. The molecule has 9 heteroatoms. The first kappa shape index (κ1) is 25.0. The molecule has 160 valence electrons. The number of guanidine groups is 1. The molecule has 0 saturated heterocycles. The van der Waals surface area contributed by atoms with Gasteiger partial charge in [-0.15, -0.1) is 24.0 Å². The summed E-state index contributed by atoms with van der Waals surface area (Å²) in [5, 5.41) is 6.33. The van der Waals surface area contributed by atoms with Gasteiger partial charge in [-0.1, -0.05) is 18.2 Å². The van der Waals surface area contributed by atoms with E-state index in [1.165, 1.54) is 0 Å². The monoisotopic (exact) mass is 522 g/mol. The summed E-state index contributed by atoms with van der Waals surface area (Å²) in [5.41, 5.74) is 2.38. The van der Waals surface area contributed by atoms with Gasteiger partial charge in [0, 0.05) is 37.0 Å². The quantitative estimate of drug-likeness (QED) is 0.310. The molecule has 2 aromatic rings. The molecule has 0 aliphatic heterocycles. The highest BCUT2D eigenvalue weighted by Crippen LogP contribution is 2.24. The number of benzene rings is 1. The lowest BCUT2D eigenvalue weighted by atomic mass is 10.1. The normalized spacial score (nSPS) is 11.6. The minimum Gasteiger partial charge on any atom is -0.484 e. The van der Waals surface area contributed by atoms with E-state index < -0.39 is 12.8 Å². The van der Waals surface area contributed by atoms with Crippen LogP contribution in [0.1, 0.15) is 23.7 Å². The van der Waals surface area contributed by atoms with Crippen LogP contribution in [0.5, 0.6) is 5.75 Å². The molecule has 0 spiro atoms. The molecule has 0 aliphatic carbocycles. The van der Waals surface area contributed by atoms with Gasteiger partial charge in [0.15, 0.2) is 12.6 Å². The van der Waals surface area contributed by atoms with Crippen LogP contribution in [0, 0.1) is 6.92 Å². The molecule has 1 heterocycles. The fourth-order valence-corrected chi connectivity index (χ4v) is 2.45. The minimum absolute atomic E-state index is 0. The Morgan fingerprint density at radius 1 is 1.17 bits per heavy atom. The Morgan fingerprint density at radius 2 is 1.97 bits per heavy atom. The Hall–Kier alpha value is -2.04. The molecular weight excluding hydrogens is 496 g/mol. The molecule has 5 nitrogen and oxygen atoms in total. The largest absolute Gasteiger partial charge is 0.484 e. The van der Waals surface area contributed by atoms with E-state index in [9.17, 15) is 13.2 Å². The van der Waals surface area contributed by atoms with Crippen molar-refractivity contribution in [2.75, 3.05) is 19.7 Å². The zero-order chi connectivity index (χ0) is 20.4. The lowest BCUT2D eigenvalue weighted by Gasteiger charge is -2.14. The van der Waals surface area contributed by atoms with E-state index in [1.54, 1.807) is 25.3 Å². The van der Waals surface area contributed by atoms with Gasteiger partial charge < -0.3 is 15.4 Å². The van der Waals surface area contributed by atoms with Crippen molar-refractivity contribution in [2.24, 2.45) is 4.99 Å². The van der Waals surface area contributed by atoms with E-state index in [0.717, 1.165) is 17.7 Å². The maximum Gasteiger partial charge on any atom is 0.422 e. The first-order valence-electron chi connectivity index (χ1n) is 9.08. The molecule has 0 aliphatic rings. The van der Waals surface area contributed by atoms with Crippen molar-refractivity contribution in [2.45, 2.75) is 33.0 Å². The van der Waals surface area contributed by atoms with Crippen LogP contribution in [0.3, 0.4) is 0 Å². The Bertz CT molecular complexity index is 770. The number of halogens is 4. The van der Waals surface area contributed by atoms with Crippen molar-refractivity contribution in [1.29, 1.82) is 0 Å². The van der Waals surface area contributed by atoms with Crippen molar-refractivity contribution in [1.82, 2.24) is 15.6 Å². The van der Waals surface area contributed by atoms with Gasteiger partial charge in [0.1, 0.15) is 5.75 Å². The van der Waals surface area contributed by atoms with E-state index >= 15 is 0 Å². The van der Waals surface area contributed by atoms with Gasteiger partial charge in [-0.05, 0) is 37.6 Å². The molecule has 0 unspecified atom stereocenters. The molecule has 0 radical (unpaired) electrons.